The number of rotatable bonds is 10. The number of fused-ring (bicyclic) bond motifs is 1. The number of anilines is 1. The Labute approximate surface area is 170 Å². The zero-order valence-electron chi connectivity index (χ0n) is 16.4. The molecule has 9 heteroatoms. The molecule has 0 atom stereocenters. The molecule has 0 saturated carbocycles. The Morgan fingerprint density at radius 3 is 2.66 bits per heavy atom. The lowest BCUT2D eigenvalue weighted by atomic mass is 10.2. The van der Waals surface area contributed by atoms with E-state index in [2.05, 4.69) is 5.32 Å². The maximum atomic E-state index is 12.2. The first-order valence-electron chi connectivity index (χ1n) is 9.60. The van der Waals surface area contributed by atoms with Gasteiger partial charge < -0.3 is 19.2 Å². The fourth-order valence-electron chi connectivity index (χ4n) is 3.09. The molecule has 0 spiro atoms. The molecular weight excluding hydrogens is 396 g/mol. The number of hydrogen-bond acceptors (Lipinski definition) is 6. The summed E-state index contributed by atoms with van der Waals surface area (Å²) in [6.07, 6.45) is 4.98. The van der Waals surface area contributed by atoms with E-state index in [1.54, 1.807) is 24.5 Å². The summed E-state index contributed by atoms with van der Waals surface area (Å²) < 4.78 is 42.0. The molecule has 8 nitrogen and oxygen atoms in total. The van der Waals surface area contributed by atoms with Gasteiger partial charge in [-0.3, -0.25) is 9.10 Å². The van der Waals surface area contributed by atoms with Gasteiger partial charge in [-0.15, -0.1) is 0 Å². The maximum Gasteiger partial charge on any atom is 0.232 e. The summed E-state index contributed by atoms with van der Waals surface area (Å²) in [7, 11) is -3.49. The number of nitrogens with one attached hydrogen (secondary N) is 1. The van der Waals surface area contributed by atoms with Crippen LogP contribution in [0.5, 0.6) is 11.5 Å². The first kappa shape index (κ1) is 21.0. The van der Waals surface area contributed by atoms with Crippen molar-refractivity contribution in [3.63, 3.8) is 0 Å². The van der Waals surface area contributed by atoms with E-state index in [1.807, 2.05) is 12.1 Å². The van der Waals surface area contributed by atoms with Crippen molar-refractivity contribution in [2.24, 2.45) is 0 Å². The van der Waals surface area contributed by atoms with Crippen molar-refractivity contribution in [2.75, 3.05) is 36.9 Å². The van der Waals surface area contributed by atoms with Gasteiger partial charge in [-0.1, -0.05) is 0 Å². The Hall–Kier alpha value is -2.68. The lowest BCUT2D eigenvalue weighted by Crippen LogP contribution is -2.32. The molecule has 1 amide bonds. The molecule has 0 radical (unpaired) electrons. The number of furan rings is 1. The van der Waals surface area contributed by atoms with Crippen LogP contribution in [0.2, 0.25) is 0 Å². The second kappa shape index (κ2) is 9.69. The van der Waals surface area contributed by atoms with Crippen molar-refractivity contribution >= 4 is 21.6 Å². The molecule has 1 aromatic carbocycles. The van der Waals surface area contributed by atoms with Gasteiger partial charge >= 0.3 is 0 Å². The smallest absolute Gasteiger partial charge is 0.232 e. The van der Waals surface area contributed by atoms with E-state index in [1.165, 1.54) is 4.31 Å². The SMILES string of the molecule is CS(=O)(=O)N(CCCC(=O)NCCCc1ccco1)c1ccc2c(c1)OCCO2. The molecule has 29 heavy (non-hydrogen) atoms. The van der Waals surface area contributed by atoms with Gasteiger partial charge in [-0.05, 0) is 37.1 Å². The topological polar surface area (TPSA) is 98.1 Å². The van der Waals surface area contributed by atoms with Crippen LogP contribution in [0.25, 0.3) is 0 Å². The molecule has 1 aromatic heterocycles. The number of benzene rings is 1. The van der Waals surface area contributed by atoms with Crippen LogP contribution in [0.1, 0.15) is 25.0 Å². The van der Waals surface area contributed by atoms with Gasteiger partial charge in [0.05, 0.1) is 18.2 Å². The zero-order chi connectivity index (χ0) is 20.7. The van der Waals surface area contributed by atoms with Crippen molar-refractivity contribution in [1.29, 1.82) is 0 Å². The zero-order valence-corrected chi connectivity index (χ0v) is 17.2. The van der Waals surface area contributed by atoms with E-state index < -0.39 is 10.0 Å². The monoisotopic (exact) mass is 422 g/mol. The van der Waals surface area contributed by atoms with Crippen molar-refractivity contribution < 1.29 is 27.1 Å². The molecule has 0 aliphatic carbocycles. The number of carbonyl (C=O) groups excluding carboxylic acids is 1. The summed E-state index contributed by atoms with van der Waals surface area (Å²) in [6.45, 7) is 1.66. The van der Waals surface area contributed by atoms with Crippen LogP contribution < -0.4 is 19.1 Å². The number of ether oxygens (including phenoxy) is 2. The van der Waals surface area contributed by atoms with Gasteiger partial charge in [0.1, 0.15) is 19.0 Å². The van der Waals surface area contributed by atoms with Gasteiger partial charge in [0.25, 0.3) is 0 Å². The summed E-state index contributed by atoms with van der Waals surface area (Å²) in [6, 6.07) is 8.78. The minimum absolute atomic E-state index is 0.0972. The molecule has 2 aromatic rings. The average molecular weight is 423 g/mol. The standard InChI is InChI=1S/C20H26N2O6S/c1-29(24,25)22(16-8-9-18-19(15-16)28-14-13-27-18)11-3-7-20(23)21-10-2-5-17-6-4-12-26-17/h4,6,8-9,12,15H,2-3,5,7,10-11,13-14H2,1H3,(H,21,23). The molecule has 2 heterocycles. The maximum absolute atomic E-state index is 12.2. The minimum atomic E-state index is -3.49. The molecular formula is C20H26N2O6S. The van der Waals surface area contributed by atoms with Gasteiger partial charge in [0, 0.05) is 32.0 Å². The fraction of sp³-hybridized carbons (Fsp3) is 0.450. The van der Waals surface area contributed by atoms with Crippen LogP contribution in [0.4, 0.5) is 5.69 Å². The van der Waals surface area contributed by atoms with Crippen LogP contribution in [0, 0.1) is 0 Å². The Kier molecular flexibility index (Phi) is 7.03. The minimum Gasteiger partial charge on any atom is -0.486 e. The summed E-state index contributed by atoms with van der Waals surface area (Å²) in [5.74, 6) is 1.92. The summed E-state index contributed by atoms with van der Waals surface area (Å²) in [5, 5.41) is 2.85. The Balaban J connectivity index is 1.47. The quantitative estimate of drug-likeness (QED) is 0.590. The first-order chi connectivity index (χ1) is 13.9. The van der Waals surface area contributed by atoms with E-state index >= 15 is 0 Å². The van der Waals surface area contributed by atoms with E-state index in [0.29, 0.717) is 43.4 Å². The number of sulfonamides is 1. The summed E-state index contributed by atoms with van der Waals surface area (Å²) >= 11 is 0. The van der Waals surface area contributed by atoms with Crippen LogP contribution in [0.3, 0.4) is 0 Å². The number of amides is 1. The van der Waals surface area contributed by atoms with Gasteiger partial charge in [-0.25, -0.2) is 8.42 Å². The third-order valence-corrected chi connectivity index (χ3v) is 5.68. The highest BCUT2D eigenvalue weighted by Crippen LogP contribution is 2.34. The highest BCUT2D eigenvalue weighted by Gasteiger charge is 2.21. The Morgan fingerprint density at radius 2 is 1.93 bits per heavy atom. The van der Waals surface area contributed by atoms with Gasteiger partial charge in [-0.2, -0.15) is 0 Å². The number of hydrogen-bond donors (Lipinski definition) is 1. The van der Waals surface area contributed by atoms with Crippen LogP contribution >= 0.6 is 0 Å². The summed E-state index contributed by atoms with van der Waals surface area (Å²) in [5.41, 5.74) is 0.496. The number of aryl methyl sites for hydroxylation is 1. The average Bonchev–Trinajstić information content (AvgIpc) is 3.21. The second-order valence-corrected chi connectivity index (χ2v) is 8.71. The molecule has 158 valence electrons. The lowest BCUT2D eigenvalue weighted by molar-refractivity contribution is -0.121. The van der Waals surface area contributed by atoms with Crippen molar-refractivity contribution in [1.82, 2.24) is 5.32 Å². The first-order valence-corrected chi connectivity index (χ1v) is 11.4. The van der Waals surface area contributed by atoms with Crippen molar-refractivity contribution in [2.45, 2.75) is 25.7 Å². The Morgan fingerprint density at radius 1 is 1.14 bits per heavy atom. The molecule has 1 aliphatic rings. The van der Waals surface area contributed by atoms with Crippen LogP contribution in [-0.4, -0.2) is 46.9 Å². The van der Waals surface area contributed by atoms with Gasteiger partial charge in [0.15, 0.2) is 11.5 Å². The van der Waals surface area contributed by atoms with Gasteiger partial charge in [0.2, 0.25) is 15.9 Å². The molecule has 0 saturated heterocycles. The van der Waals surface area contributed by atoms with E-state index in [9.17, 15) is 13.2 Å². The third-order valence-electron chi connectivity index (χ3n) is 4.48. The molecule has 0 bridgehead atoms. The summed E-state index contributed by atoms with van der Waals surface area (Å²) in [4.78, 5) is 12.0. The van der Waals surface area contributed by atoms with Crippen LogP contribution in [-0.2, 0) is 21.2 Å². The predicted octanol–water partition coefficient (Wildman–Crippen LogP) is 2.35. The van der Waals surface area contributed by atoms with E-state index in [-0.39, 0.29) is 18.9 Å². The van der Waals surface area contributed by atoms with Crippen molar-refractivity contribution in [3.05, 3.63) is 42.4 Å². The fourth-order valence-corrected chi connectivity index (χ4v) is 4.05. The number of nitrogens with zero attached hydrogens (tertiary/aromatic N) is 1. The van der Waals surface area contributed by atoms with E-state index in [0.717, 1.165) is 24.9 Å². The second-order valence-electron chi connectivity index (χ2n) is 6.80. The largest absolute Gasteiger partial charge is 0.486 e. The normalized spacial score (nSPS) is 13.1. The highest BCUT2D eigenvalue weighted by atomic mass is 32.2. The Bertz CT molecular complexity index is 911. The molecule has 0 fully saturated rings. The molecule has 1 aliphatic heterocycles. The molecule has 1 N–H and O–H groups in total. The third kappa shape index (κ3) is 6.15. The van der Waals surface area contributed by atoms with Crippen molar-refractivity contribution in [3.8, 4) is 11.5 Å². The molecule has 3 rings (SSSR count). The molecule has 0 unspecified atom stereocenters. The van der Waals surface area contributed by atoms with Crippen LogP contribution in [0.15, 0.2) is 41.0 Å². The lowest BCUT2D eigenvalue weighted by Gasteiger charge is -2.25. The van der Waals surface area contributed by atoms with E-state index in [4.69, 9.17) is 13.9 Å². The highest BCUT2D eigenvalue weighted by molar-refractivity contribution is 7.92. The predicted molar refractivity (Wildman–Crippen MR) is 109 cm³/mol. The number of carbonyl (C=O) groups is 1.